The lowest BCUT2D eigenvalue weighted by Crippen LogP contribution is -2.60. The van der Waals surface area contributed by atoms with Crippen LogP contribution in [0.3, 0.4) is 0 Å². The van der Waals surface area contributed by atoms with Gasteiger partial charge in [-0.1, -0.05) is 46.2 Å². The second-order valence-corrected chi connectivity index (χ2v) is 17.7. The molecule has 0 aliphatic carbocycles. The van der Waals surface area contributed by atoms with Crippen LogP contribution in [0.15, 0.2) is 34.3 Å². The molecule has 0 spiro atoms. The van der Waals surface area contributed by atoms with E-state index in [0.29, 0.717) is 24.7 Å². The number of nitrogens with two attached hydrogens (primary N) is 5. The van der Waals surface area contributed by atoms with Gasteiger partial charge >= 0.3 is 0 Å². The molecule has 0 aromatic heterocycles. The van der Waals surface area contributed by atoms with Gasteiger partial charge in [0.25, 0.3) is 0 Å². The van der Waals surface area contributed by atoms with Crippen molar-refractivity contribution in [1.29, 1.82) is 0 Å². The van der Waals surface area contributed by atoms with Crippen molar-refractivity contribution in [3.8, 4) is 5.75 Å². The Bertz CT molecular complexity index is 2050. The minimum Gasteiger partial charge on any atom is -0.508 e. The fourth-order valence-corrected chi connectivity index (χ4v) is 7.35. The van der Waals surface area contributed by atoms with E-state index in [1.807, 2.05) is 6.92 Å². The van der Waals surface area contributed by atoms with Crippen molar-refractivity contribution in [3.05, 3.63) is 29.8 Å². The third-order valence-corrected chi connectivity index (χ3v) is 11.7. The largest absolute Gasteiger partial charge is 0.508 e. The van der Waals surface area contributed by atoms with Crippen LogP contribution in [0.2, 0.25) is 0 Å². The SMILES string of the molecule is CC[C@H](C)[C@@H](C=O)NC(=O)CNC(=O)[C@@H](NC(=O)[C@@H]1CCCN1C(=O)[C@H](CCCN=C(N)N)NC(=O)[C@H](CCCN=C(N)N)NC(=O)[C@H](Cc1ccc(O)cc1)NC(=O)[C@H](CO)NC(=O)[C@@H](N)CO)C(C)C. The number of hydrogen-bond acceptors (Lipinski definition) is 15. The molecule has 1 aliphatic rings. The number of benzene rings is 1. The highest BCUT2D eigenvalue weighted by molar-refractivity contribution is 5.98. The Labute approximate surface area is 418 Å². The molecule has 1 fully saturated rings. The van der Waals surface area contributed by atoms with Crippen LogP contribution in [0.1, 0.15) is 78.2 Å². The van der Waals surface area contributed by atoms with E-state index in [4.69, 9.17) is 28.7 Å². The predicted molar refractivity (Wildman–Crippen MR) is 263 cm³/mol. The highest BCUT2D eigenvalue weighted by Crippen LogP contribution is 2.21. The zero-order valence-electron chi connectivity index (χ0n) is 41.3. The smallest absolute Gasteiger partial charge is 0.245 e. The zero-order chi connectivity index (χ0) is 54.1. The molecule has 8 amide bonds. The number of phenols is 1. The highest BCUT2D eigenvalue weighted by Gasteiger charge is 2.40. The van der Waals surface area contributed by atoms with Crippen LogP contribution in [0.4, 0.5) is 0 Å². The Morgan fingerprint density at radius 1 is 0.736 bits per heavy atom. The number of aromatic hydroxyl groups is 1. The number of carbonyl (C=O) groups is 9. The van der Waals surface area contributed by atoms with Gasteiger partial charge in [0, 0.05) is 26.1 Å². The van der Waals surface area contributed by atoms with Crippen molar-refractivity contribution >= 4 is 65.5 Å². The van der Waals surface area contributed by atoms with Gasteiger partial charge in [-0.3, -0.25) is 48.3 Å². The first kappa shape index (κ1) is 61.0. The summed E-state index contributed by atoms with van der Waals surface area (Å²) in [5.74, 6) is -7.63. The molecule has 72 heavy (non-hydrogen) atoms. The van der Waals surface area contributed by atoms with Crippen LogP contribution in [0.25, 0.3) is 0 Å². The zero-order valence-corrected chi connectivity index (χ0v) is 41.3. The average Bonchev–Trinajstić information content (AvgIpc) is 3.84. The number of guanidine groups is 2. The number of phenolic OH excluding ortho intramolecular Hbond substituents is 1. The van der Waals surface area contributed by atoms with Gasteiger partial charge in [0.05, 0.1) is 25.8 Å². The van der Waals surface area contributed by atoms with Gasteiger partial charge in [0.15, 0.2) is 11.9 Å². The Hall–Kier alpha value is -7.13. The van der Waals surface area contributed by atoms with Crippen LogP contribution in [0.5, 0.6) is 5.75 Å². The first-order chi connectivity index (χ1) is 34.1. The van der Waals surface area contributed by atoms with Gasteiger partial charge in [0.1, 0.15) is 54.3 Å². The summed E-state index contributed by atoms with van der Waals surface area (Å²) in [7, 11) is 0. The molecule has 402 valence electrons. The minimum atomic E-state index is -1.63. The van der Waals surface area contributed by atoms with Gasteiger partial charge in [-0.25, -0.2) is 0 Å². The van der Waals surface area contributed by atoms with Crippen LogP contribution in [-0.2, 0) is 49.6 Å². The second kappa shape index (κ2) is 31.3. The fourth-order valence-electron chi connectivity index (χ4n) is 7.35. The fraction of sp³-hybridized carbons (Fsp3) is 0.622. The minimum absolute atomic E-state index is 0.0103. The molecule has 1 saturated heterocycles. The molecule has 27 nitrogen and oxygen atoms in total. The number of amides is 8. The molecule has 9 atom stereocenters. The number of nitrogens with one attached hydrogen (secondary N) is 7. The maximum Gasteiger partial charge on any atom is 0.245 e. The normalized spacial score (nSPS) is 16.4. The number of aliphatic hydroxyl groups excluding tert-OH is 2. The lowest BCUT2D eigenvalue weighted by Gasteiger charge is -2.31. The summed E-state index contributed by atoms with van der Waals surface area (Å²) < 4.78 is 0. The topological polar surface area (TPSA) is 457 Å². The molecule has 20 N–H and O–H groups in total. The summed E-state index contributed by atoms with van der Waals surface area (Å²) in [6.45, 7) is 4.97. The summed E-state index contributed by atoms with van der Waals surface area (Å²) >= 11 is 0. The first-order valence-corrected chi connectivity index (χ1v) is 23.8. The molecule has 0 bridgehead atoms. The van der Waals surface area contributed by atoms with Crippen LogP contribution in [-0.4, -0.2) is 173 Å². The Balaban J connectivity index is 2.45. The molecule has 1 heterocycles. The molecule has 1 aliphatic heterocycles. The van der Waals surface area contributed by atoms with E-state index in [9.17, 15) is 58.5 Å². The van der Waals surface area contributed by atoms with E-state index in [-0.39, 0.29) is 81.7 Å². The van der Waals surface area contributed by atoms with E-state index in [2.05, 4.69) is 47.2 Å². The molecule has 0 saturated carbocycles. The predicted octanol–water partition coefficient (Wildman–Crippen LogP) is -5.73. The number of aldehydes is 1. The molecule has 1 aromatic carbocycles. The average molecular weight is 1020 g/mol. The van der Waals surface area contributed by atoms with Gasteiger partial charge < -0.3 is 90.9 Å². The number of likely N-dealkylation sites (tertiary alicyclic amines) is 1. The van der Waals surface area contributed by atoms with Gasteiger partial charge in [-0.2, -0.15) is 0 Å². The number of rotatable bonds is 31. The summed E-state index contributed by atoms with van der Waals surface area (Å²) in [6, 6.07) is -4.70. The van der Waals surface area contributed by atoms with Gasteiger partial charge in [0.2, 0.25) is 47.3 Å². The van der Waals surface area contributed by atoms with Crippen molar-refractivity contribution in [2.75, 3.05) is 39.4 Å². The van der Waals surface area contributed by atoms with Gasteiger partial charge in [-0.15, -0.1) is 0 Å². The van der Waals surface area contributed by atoms with Crippen LogP contribution >= 0.6 is 0 Å². The summed E-state index contributed by atoms with van der Waals surface area (Å²) in [5.41, 5.74) is 28.0. The Kier molecular flexibility index (Phi) is 26.5. The highest BCUT2D eigenvalue weighted by atomic mass is 16.3. The number of aliphatic imine (C=N–C) groups is 2. The van der Waals surface area contributed by atoms with Crippen LogP contribution in [0, 0.1) is 11.8 Å². The molecule has 1 aromatic rings. The summed E-state index contributed by atoms with van der Waals surface area (Å²) in [4.78, 5) is 130. The number of carbonyl (C=O) groups excluding carboxylic acids is 9. The molecular weight excluding hydrogens is 943 g/mol. The number of nitrogens with zero attached hydrogens (tertiary/aromatic N) is 3. The molecular formula is C45H75N15O12. The lowest BCUT2D eigenvalue weighted by molar-refractivity contribution is -0.143. The van der Waals surface area contributed by atoms with Crippen LogP contribution < -0.4 is 65.9 Å². The van der Waals surface area contributed by atoms with Crippen molar-refractivity contribution in [1.82, 2.24) is 42.1 Å². The van der Waals surface area contributed by atoms with Crippen molar-refractivity contribution in [2.24, 2.45) is 50.5 Å². The third-order valence-electron chi connectivity index (χ3n) is 11.7. The quantitative estimate of drug-likeness (QED) is 0.0143. The first-order valence-electron chi connectivity index (χ1n) is 23.8. The molecule has 0 unspecified atom stereocenters. The molecule has 0 radical (unpaired) electrons. The van der Waals surface area contributed by atoms with E-state index in [0.717, 1.165) is 0 Å². The summed E-state index contributed by atoms with van der Waals surface area (Å²) in [6.07, 6.45) is 1.66. The van der Waals surface area contributed by atoms with E-state index >= 15 is 0 Å². The van der Waals surface area contributed by atoms with Gasteiger partial charge in [-0.05, 0) is 68.1 Å². The number of hydrogen-bond donors (Lipinski definition) is 15. The Morgan fingerprint density at radius 3 is 1.82 bits per heavy atom. The third kappa shape index (κ3) is 20.7. The van der Waals surface area contributed by atoms with E-state index in [1.165, 1.54) is 29.2 Å². The van der Waals surface area contributed by atoms with E-state index < -0.39 is 121 Å². The van der Waals surface area contributed by atoms with Crippen molar-refractivity contribution in [3.63, 3.8) is 0 Å². The standard InChI is InChI=1S/C45H75N15O12/c1-5-25(4)32(22-62)54-35(65)20-53-42(71)36(24(2)3)59-41(70)34-11-8-18-60(34)43(72)30(10-7-17-52-45(49)50)56-38(67)29(9-6-16-51-44(47)48)55-39(68)31(19-26-12-14-27(64)15-13-26)57-40(69)33(23-63)58-37(66)28(46)21-61/h12-15,22,24-25,28-34,36,61,63-64H,5-11,16-21,23,46H2,1-4H3,(H,53,71)(H,54,65)(H,55,68)(H,56,67)(H,57,69)(H,58,66)(H,59,70)(H4,47,48,51)(H4,49,50,52)/t25-,28-,29-,30-,31-,32+,33-,34-,36-/m0/s1. The maximum atomic E-state index is 14.5. The monoisotopic (exact) mass is 1020 g/mol. The number of aliphatic hydroxyl groups is 2. The lowest BCUT2D eigenvalue weighted by atomic mass is 10.0. The van der Waals surface area contributed by atoms with Crippen molar-refractivity contribution in [2.45, 2.75) is 127 Å². The molecule has 2 rings (SSSR count). The molecule has 27 heteroatoms. The van der Waals surface area contributed by atoms with Crippen molar-refractivity contribution < 1.29 is 58.5 Å². The maximum absolute atomic E-state index is 14.5. The Morgan fingerprint density at radius 2 is 1.28 bits per heavy atom. The summed E-state index contributed by atoms with van der Waals surface area (Å²) in [5, 5.41) is 46.9. The van der Waals surface area contributed by atoms with E-state index in [1.54, 1.807) is 20.8 Å². The second-order valence-electron chi connectivity index (χ2n) is 17.7.